The third kappa shape index (κ3) is 3.79. The number of rotatable bonds is 6. The summed E-state index contributed by atoms with van der Waals surface area (Å²) >= 11 is 0. The molecule has 5 nitrogen and oxygen atoms in total. The molecular weight excluding hydrogens is 228 g/mol. The fourth-order valence-corrected chi connectivity index (χ4v) is 1.92. The van der Waals surface area contributed by atoms with Gasteiger partial charge in [-0.2, -0.15) is 0 Å². The molecule has 0 bridgehead atoms. The SMILES string of the molecule is CCNCCOc1ncccc1S(C)(=O)=O. The molecular formula is C10H16N2O3S. The van der Waals surface area contributed by atoms with Crippen molar-refractivity contribution in [2.45, 2.75) is 11.8 Å². The molecule has 0 aliphatic heterocycles. The van der Waals surface area contributed by atoms with Crippen LogP contribution in [-0.2, 0) is 9.84 Å². The lowest BCUT2D eigenvalue weighted by atomic mass is 10.5. The first-order valence-corrected chi connectivity index (χ1v) is 6.93. The number of ether oxygens (including phenoxy) is 1. The van der Waals surface area contributed by atoms with Crippen LogP contribution in [0.3, 0.4) is 0 Å². The van der Waals surface area contributed by atoms with E-state index in [4.69, 9.17) is 4.74 Å². The third-order valence-electron chi connectivity index (χ3n) is 1.90. The predicted molar refractivity (Wildman–Crippen MR) is 61.4 cm³/mol. The van der Waals surface area contributed by atoms with Gasteiger partial charge in [0.05, 0.1) is 0 Å². The highest BCUT2D eigenvalue weighted by molar-refractivity contribution is 7.90. The normalized spacial score (nSPS) is 11.4. The zero-order chi connectivity index (χ0) is 12.0. The monoisotopic (exact) mass is 244 g/mol. The Morgan fingerprint density at radius 3 is 2.88 bits per heavy atom. The molecule has 0 fully saturated rings. The zero-order valence-electron chi connectivity index (χ0n) is 9.43. The summed E-state index contributed by atoms with van der Waals surface area (Å²) in [6, 6.07) is 3.07. The lowest BCUT2D eigenvalue weighted by Gasteiger charge is -2.08. The smallest absolute Gasteiger partial charge is 0.232 e. The molecule has 0 aliphatic rings. The molecule has 1 aromatic heterocycles. The lowest BCUT2D eigenvalue weighted by Crippen LogP contribution is -2.21. The molecule has 0 aromatic carbocycles. The number of nitrogens with one attached hydrogen (secondary N) is 1. The average molecular weight is 244 g/mol. The largest absolute Gasteiger partial charge is 0.475 e. The first-order valence-electron chi connectivity index (χ1n) is 5.04. The number of hydrogen-bond acceptors (Lipinski definition) is 5. The minimum atomic E-state index is -3.28. The van der Waals surface area contributed by atoms with Crippen molar-refractivity contribution < 1.29 is 13.2 Å². The van der Waals surface area contributed by atoms with Gasteiger partial charge in [0, 0.05) is 19.0 Å². The fourth-order valence-electron chi connectivity index (χ4n) is 1.16. The van der Waals surface area contributed by atoms with Gasteiger partial charge < -0.3 is 10.1 Å². The quantitative estimate of drug-likeness (QED) is 0.737. The van der Waals surface area contributed by atoms with E-state index in [9.17, 15) is 8.42 Å². The molecule has 0 saturated carbocycles. The maximum atomic E-state index is 11.4. The van der Waals surface area contributed by atoms with Crippen molar-refractivity contribution in [2.24, 2.45) is 0 Å². The van der Waals surface area contributed by atoms with E-state index in [2.05, 4.69) is 10.3 Å². The number of likely N-dealkylation sites (N-methyl/N-ethyl adjacent to an activating group) is 1. The van der Waals surface area contributed by atoms with Crippen LogP contribution in [0.4, 0.5) is 0 Å². The Hall–Kier alpha value is -1.14. The molecule has 6 heteroatoms. The number of nitrogens with zero attached hydrogens (tertiary/aromatic N) is 1. The Morgan fingerprint density at radius 2 is 2.25 bits per heavy atom. The number of pyridine rings is 1. The summed E-state index contributed by atoms with van der Waals surface area (Å²) < 4.78 is 28.1. The summed E-state index contributed by atoms with van der Waals surface area (Å²) in [6.45, 7) is 3.90. The van der Waals surface area contributed by atoms with Crippen molar-refractivity contribution in [3.8, 4) is 5.88 Å². The van der Waals surface area contributed by atoms with Gasteiger partial charge in [0.25, 0.3) is 0 Å². The van der Waals surface area contributed by atoms with Crippen molar-refractivity contribution >= 4 is 9.84 Å². The van der Waals surface area contributed by atoms with Gasteiger partial charge in [-0.15, -0.1) is 0 Å². The van der Waals surface area contributed by atoms with Crippen LogP contribution < -0.4 is 10.1 Å². The maximum Gasteiger partial charge on any atom is 0.232 e. The number of aromatic nitrogens is 1. The highest BCUT2D eigenvalue weighted by Gasteiger charge is 2.14. The molecule has 0 unspecified atom stereocenters. The zero-order valence-corrected chi connectivity index (χ0v) is 10.3. The van der Waals surface area contributed by atoms with Gasteiger partial charge in [0.15, 0.2) is 9.84 Å². The summed E-state index contributed by atoms with van der Waals surface area (Å²) in [5, 5.41) is 3.07. The molecule has 90 valence electrons. The van der Waals surface area contributed by atoms with Gasteiger partial charge in [-0.1, -0.05) is 6.92 Å². The van der Waals surface area contributed by atoms with Gasteiger partial charge in [0.2, 0.25) is 5.88 Å². The van der Waals surface area contributed by atoms with E-state index in [1.54, 1.807) is 6.07 Å². The molecule has 0 spiro atoms. The Bertz CT molecular complexity index is 431. The lowest BCUT2D eigenvalue weighted by molar-refractivity contribution is 0.295. The molecule has 0 radical (unpaired) electrons. The molecule has 1 heterocycles. The molecule has 16 heavy (non-hydrogen) atoms. The molecule has 0 atom stereocenters. The maximum absolute atomic E-state index is 11.4. The predicted octanol–water partition coefficient (Wildman–Crippen LogP) is 0.473. The van der Waals surface area contributed by atoms with Gasteiger partial charge in [-0.05, 0) is 18.7 Å². The summed E-state index contributed by atoms with van der Waals surface area (Å²) in [7, 11) is -3.28. The van der Waals surface area contributed by atoms with Crippen LogP contribution in [-0.4, -0.2) is 39.4 Å². The van der Waals surface area contributed by atoms with Gasteiger partial charge in [0.1, 0.15) is 11.5 Å². The van der Waals surface area contributed by atoms with Gasteiger partial charge in [-0.25, -0.2) is 13.4 Å². The van der Waals surface area contributed by atoms with Crippen LogP contribution in [0.1, 0.15) is 6.92 Å². The third-order valence-corrected chi connectivity index (χ3v) is 3.01. The van der Waals surface area contributed by atoms with Crippen molar-refractivity contribution in [3.63, 3.8) is 0 Å². The van der Waals surface area contributed by atoms with E-state index >= 15 is 0 Å². The highest BCUT2D eigenvalue weighted by atomic mass is 32.2. The minimum Gasteiger partial charge on any atom is -0.475 e. The van der Waals surface area contributed by atoms with E-state index in [1.807, 2.05) is 6.92 Å². The Morgan fingerprint density at radius 1 is 1.50 bits per heavy atom. The first-order chi connectivity index (χ1) is 7.55. The van der Waals surface area contributed by atoms with Crippen molar-refractivity contribution in [1.29, 1.82) is 0 Å². The number of hydrogen-bond donors (Lipinski definition) is 1. The topological polar surface area (TPSA) is 68.3 Å². The average Bonchev–Trinajstić information content (AvgIpc) is 2.24. The Labute approximate surface area is 95.8 Å². The fraction of sp³-hybridized carbons (Fsp3) is 0.500. The van der Waals surface area contributed by atoms with Gasteiger partial charge in [-0.3, -0.25) is 0 Å². The van der Waals surface area contributed by atoms with E-state index in [-0.39, 0.29) is 10.8 Å². The van der Waals surface area contributed by atoms with Crippen LogP contribution in [0.25, 0.3) is 0 Å². The van der Waals surface area contributed by atoms with E-state index in [0.717, 1.165) is 12.8 Å². The van der Waals surface area contributed by atoms with E-state index in [0.29, 0.717) is 13.2 Å². The summed E-state index contributed by atoms with van der Waals surface area (Å²) in [5.74, 6) is 0.169. The van der Waals surface area contributed by atoms with Crippen LogP contribution in [0, 0.1) is 0 Å². The minimum absolute atomic E-state index is 0.131. The van der Waals surface area contributed by atoms with Crippen LogP contribution in [0.15, 0.2) is 23.2 Å². The Kier molecular flexibility index (Phi) is 4.70. The summed E-state index contributed by atoms with van der Waals surface area (Å²) in [6.07, 6.45) is 2.65. The van der Waals surface area contributed by atoms with Crippen LogP contribution >= 0.6 is 0 Å². The molecule has 0 amide bonds. The number of sulfone groups is 1. The van der Waals surface area contributed by atoms with Crippen LogP contribution in [0.2, 0.25) is 0 Å². The second-order valence-corrected chi connectivity index (χ2v) is 5.27. The van der Waals surface area contributed by atoms with Crippen molar-refractivity contribution in [3.05, 3.63) is 18.3 Å². The second-order valence-electron chi connectivity index (χ2n) is 3.28. The molecule has 1 N–H and O–H groups in total. The molecule has 1 rings (SSSR count). The van der Waals surface area contributed by atoms with Crippen LogP contribution in [0.5, 0.6) is 5.88 Å². The molecule has 0 aliphatic carbocycles. The van der Waals surface area contributed by atoms with Gasteiger partial charge >= 0.3 is 0 Å². The Balaban J connectivity index is 2.73. The standard InChI is InChI=1S/C10H16N2O3S/c1-3-11-7-8-15-10-9(16(2,13)14)5-4-6-12-10/h4-6,11H,3,7-8H2,1-2H3. The summed E-state index contributed by atoms with van der Waals surface area (Å²) in [4.78, 5) is 4.04. The highest BCUT2D eigenvalue weighted by Crippen LogP contribution is 2.19. The summed E-state index contributed by atoms with van der Waals surface area (Å²) in [5.41, 5.74) is 0. The second kappa shape index (κ2) is 5.81. The van der Waals surface area contributed by atoms with E-state index in [1.165, 1.54) is 12.3 Å². The van der Waals surface area contributed by atoms with E-state index < -0.39 is 9.84 Å². The first kappa shape index (κ1) is 12.9. The van der Waals surface area contributed by atoms with Crippen molar-refractivity contribution in [2.75, 3.05) is 26.0 Å². The molecule has 1 aromatic rings. The molecule has 0 saturated heterocycles. The van der Waals surface area contributed by atoms with Crippen molar-refractivity contribution in [1.82, 2.24) is 10.3 Å².